The lowest BCUT2D eigenvalue weighted by Gasteiger charge is -2.05. The highest BCUT2D eigenvalue weighted by Crippen LogP contribution is 2.28. The molecule has 0 atom stereocenters. The average molecular weight is 472 g/mol. The normalized spacial score (nSPS) is 10.9. The Morgan fingerprint density at radius 2 is 1.17 bits per heavy atom. The minimum atomic E-state index is -0.585. The molecule has 7 heteroatoms. The smallest absolute Gasteiger partial charge is 0.189 e. The molecule has 178 valence electrons. The van der Waals surface area contributed by atoms with E-state index in [1.54, 1.807) is 42.5 Å². The van der Waals surface area contributed by atoms with Crippen LogP contribution in [0.25, 0.3) is 18.2 Å². The molecule has 0 spiro atoms. The molecule has 3 N–H and O–H groups in total. The fourth-order valence-electron chi connectivity index (χ4n) is 3.15. The molecule has 0 aliphatic heterocycles. The van der Waals surface area contributed by atoms with E-state index >= 15 is 0 Å². The van der Waals surface area contributed by atoms with Gasteiger partial charge in [-0.3, -0.25) is 9.59 Å². The molecule has 7 nitrogen and oxygen atoms in total. The number of hydrogen-bond acceptors (Lipinski definition) is 7. The van der Waals surface area contributed by atoms with E-state index in [1.807, 2.05) is 0 Å². The van der Waals surface area contributed by atoms with Gasteiger partial charge in [0, 0.05) is 5.56 Å². The highest BCUT2D eigenvalue weighted by molar-refractivity contribution is 6.31. The summed E-state index contributed by atoms with van der Waals surface area (Å²) in [6.07, 6.45) is 6.76. The summed E-state index contributed by atoms with van der Waals surface area (Å²) < 4.78 is 10.1. The SMILES string of the molecule is COc1cc(C=CC(=O)C(=Cc2ccccc2O)C(=O)C=Cc2ccc(O)c(OC)c2)ccc1O. The molecule has 0 fully saturated rings. The molecule has 0 aliphatic rings. The first-order chi connectivity index (χ1) is 16.8. The van der Waals surface area contributed by atoms with Crippen molar-refractivity contribution in [2.75, 3.05) is 14.2 Å². The van der Waals surface area contributed by atoms with Gasteiger partial charge in [-0.25, -0.2) is 0 Å². The van der Waals surface area contributed by atoms with Gasteiger partial charge < -0.3 is 24.8 Å². The van der Waals surface area contributed by atoms with Crippen molar-refractivity contribution >= 4 is 29.8 Å². The third-order valence-corrected chi connectivity index (χ3v) is 5.03. The Bertz CT molecular complexity index is 1260. The van der Waals surface area contributed by atoms with Crippen molar-refractivity contribution in [3.63, 3.8) is 0 Å². The fraction of sp³-hybridized carbons (Fsp3) is 0.0714. The summed E-state index contributed by atoms with van der Waals surface area (Å²) >= 11 is 0. The highest BCUT2D eigenvalue weighted by atomic mass is 16.5. The van der Waals surface area contributed by atoms with Crippen LogP contribution in [-0.4, -0.2) is 41.1 Å². The molecule has 0 unspecified atom stereocenters. The summed E-state index contributed by atoms with van der Waals surface area (Å²) in [5, 5.41) is 29.6. The number of allylic oxidation sites excluding steroid dienone is 3. The van der Waals surface area contributed by atoms with Gasteiger partial charge in [-0.1, -0.05) is 42.5 Å². The molecule has 35 heavy (non-hydrogen) atoms. The first kappa shape index (κ1) is 24.9. The summed E-state index contributed by atoms with van der Waals surface area (Å²) in [6, 6.07) is 15.5. The number of ether oxygens (including phenoxy) is 2. The number of phenols is 3. The van der Waals surface area contributed by atoms with E-state index in [9.17, 15) is 24.9 Å². The lowest BCUT2D eigenvalue weighted by atomic mass is 10.00. The number of carbonyl (C=O) groups excluding carboxylic acids is 2. The molecular formula is C28H24O7. The molecule has 0 saturated carbocycles. The summed E-state index contributed by atoms with van der Waals surface area (Å²) in [5.74, 6) is -0.841. The number of methoxy groups -OCH3 is 2. The number of para-hydroxylation sites is 1. The second kappa shape index (κ2) is 11.4. The van der Waals surface area contributed by atoms with Crippen molar-refractivity contribution in [1.29, 1.82) is 0 Å². The van der Waals surface area contributed by atoms with E-state index in [4.69, 9.17) is 9.47 Å². The van der Waals surface area contributed by atoms with Crippen molar-refractivity contribution in [3.8, 4) is 28.7 Å². The van der Waals surface area contributed by atoms with E-state index in [1.165, 1.54) is 62.8 Å². The van der Waals surface area contributed by atoms with Gasteiger partial charge in [-0.05, 0) is 59.7 Å². The van der Waals surface area contributed by atoms with Crippen LogP contribution in [0.4, 0.5) is 0 Å². The maximum absolute atomic E-state index is 13.0. The number of aromatic hydroxyl groups is 3. The van der Waals surface area contributed by atoms with Gasteiger partial charge in [0.15, 0.2) is 34.6 Å². The van der Waals surface area contributed by atoms with Crippen LogP contribution in [0.1, 0.15) is 16.7 Å². The van der Waals surface area contributed by atoms with Gasteiger partial charge in [0.05, 0.1) is 19.8 Å². The van der Waals surface area contributed by atoms with Gasteiger partial charge in [0.2, 0.25) is 0 Å². The molecule has 3 aromatic rings. The summed E-state index contributed by atoms with van der Waals surface area (Å²) in [4.78, 5) is 26.1. The van der Waals surface area contributed by atoms with Crippen LogP contribution in [0.2, 0.25) is 0 Å². The second-order valence-electron chi connectivity index (χ2n) is 7.37. The predicted molar refractivity (Wildman–Crippen MR) is 133 cm³/mol. The standard InChI is InChI=1S/C28H24O7/c1-34-27-15-18(9-13-25(27)32)7-11-23(30)21(17-20-5-3-4-6-22(20)29)24(31)12-8-19-10-14-26(33)28(16-19)35-2/h3-17,29,32-33H,1-2H3. The molecule has 3 aromatic carbocycles. The summed E-state index contributed by atoms with van der Waals surface area (Å²) in [7, 11) is 2.82. The van der Waals surface area contributed by atoms with Crippen molar-refractivity contribution < 1.29 is 34.4 Å². The summed E-state index contributed by atoms with van der Waals surface area (Å²) in [6.45, 7) is 0. The Morgan fingerprint density at radius 1 is 0.686 bits per heavy atom. The number of carbonyl (C=O) groups is 2. The largest absolute Gasteiger partial charge is 0.507 e. The van der Waals surface area contributed by atoms with Crippen LogP contribution in [0.15, 0.2) is 78.4 Å². The molecule has 0 amide bonds. The number of rotatable bonds is 9. The maximum Gasteiger partial charge on any atom is 0.189 e. The number of phenolic OH excluding ortho intramolecular Hbond substituents is 3. The fourth-order valence-corrected chi connectivity index (χ4v) is 3.15. The molecule has 0 heterocycles. The maximum atomic E-state index is 13.0. The second-order valence-corrected chi connectivity index (χ2v) is 7.37. The minimum absolute atomic E-state index is 0.0395. The van der Waals surface area contributed by atoms with Crippen LogP contribution >= 0.6 is 0 Å². The van der Waals surface area contributed by atoms with Crippen molar-refractivity contribution in [1.82, 2.24) is 0 Å². The molecule has 0 bridgehead atoms. The number of benzene rings is 3. The van der Waals surface area contributed by atoms with Gasteiger partial charge in [-0.15, -0.1) is 0 Å². The zero-order chi connectivity index (χ0) is 25.4. The lowest BCUT2D eigenvalue weighted by Crippen LogP contribution is -2.08. The molecule has 0 radical (unpaired) electrons. The first-order valence-electron chi connectivity index (χ1n) is 10.5. The van der Waals surface area contributed by atoms with E-state index in [0.29, 0.717) is 16.7 Å². The Hall–Kier alpha value is -4.78. The Morgan fingerprint density at radius 3 is 1.63 bits per heavy atom. The number of hydrogen-bond donors (Lipinski definition) is 3. The zero-order valence-corrected chi connectivity index (χ0v) is 19.1. The van der Waals surface area contributed by atoms with E-state index in [0.717, 1.165) is 0 Å². The van der Waals surface area contributed by atoms with Crippen LogP contribution in [-0.2, 0) is 9.59 Å². The third-order valence-electron chi connectivity index (χ3n) is 5.03. The highest BCUT2D eigenvalue weighted by Gasteiger charge is 2.15. The topological polar surface area (TPSA) is 113 Å². The van der Waals surface area contributed by atoms with Crippen LogP contribution < -0.4 is 9.47 Å². The monoisotopic (exact) mass is 472 g/mol. The van der Waals surface area contributed by atoms with Crippen molar-refractivity contribution in [2.45, 2.75) is 0 Å². The van der Waals surface area contributed by atoms with Gasteiger partial charge in [0.25, 0.3) is 0 Å². The average Bonchev–Trinajstić information content (AvgIpc) is 2.86. The Labute approximate surface area is 202 Å². The first-order valence-corrected chi connectivity index (χ1v) is 10.5. The molecule has 0 aliphatic carbocycles. The quantitative estimate of drug-likeness (QED) is 0.234. The molecule has 3 rings (SSSR count). The Balaban J connectivity index is 1.94. The van der Waals surface area contributed by atoms with Crippen LogP contribution in [0.3, 0.4) is 0 Å². The van der Waals surface area contributed by atoms with Crippen molar-refractivity contribution in [2.24, 2.45) is 0 Å². The van der Waals surface area contributed by atoms with Crippen LogP contribution in [0.5, 0.6) is 28.7 Å². The van der Waals surface area contributed by atoms with Gasteiger partial charge in [-0.2, -0.15) is 0 Å². The number of ketones is 2. The molecule has 0 saturated heterocycles. The van der Waals surface area contributed by atoms with Gasteiger partial charge in [0.1, 0.15) is 5.75 Å². The van der Waals surface area contributed by atoms with E-state index in [-0.39, 0.29) is 34.3 Å². The van der Waals surface area contributed by atoms with E-state index < -0.39 is 11.6 Å². The summed E-state index contributed by atoms with van der Waals surface area (Å²) in [5.41, 5.74) is 1.29. The van der Waals surface area contributed by atoms with Crippen LogP contribution in [0, 0.1) is 0 Å². The zero-order valence-electron chi connectivity index (χ0n) is 19.1. The third kappa shape index (κ3) is 6.39. The minimum Gasteiger partial charge on any atom is -0.507 e. The Kier molecular flexibility index (Phi) is 8.08. The lowest BCUT2D eigenvalue weighted by molar-refractivity contribution is -0.116. The molecule has 0 aromatic heterocycles. The molecular weight excluding hydrogens is 448 g/mol. The van der Waals surface area contributed by atoms with Crippen molar-refractivity contribution in [3.05, 3.63) is 95.1 Å². The van der Waals surface area contributed by atoms with Gasteiger partial charge >= 0.3 is 0 Å². The predicted octanol–water partition coefficient (Wildman–Crippen LogP) is 4.77. The van der Waals surface area contributed by atoms with E-state index in [2.05, 4.69) is 0 Å².